The molecule has 0 N–H and O–H groups in total. The highest BCUT2D eigenvalue weighted by atomic mass is 35.5. The molecular formula is C14H16ClNO4S. The van der Waals surface area contributed by atoms with Crippen LogP contribution in [0.15, 0.2) is 12.1 Å². The lowest BCUT2D eigenvalue weighted by Crippen LogP contribution is -2.25. The minimum atomic E-state index is -0.0450. The van der Waals surface area contributed by atoms with Crippen LogP contribution in [0.4, 0.5) is 5.69 Å². The van der Waals surface area contributed by atoms with Crippen LogP contribution in [0.25, 0.3) is 0 Å². The van der Waals surface area contributed by atoms with Crippen LogP contribution in [0.1, 0.15) is 13.3 Å². The van der Waals surface area contributed by atoms with Gasteiger partial charge >= 0.3 is 0 Å². The molecule has 2 rings (SSSR count). The zero-order valence-electron chi connectivity index (χ0n) is 12.0. The van der Waals surface area contributed by atoms with Gasteiger partial charge in [0.15, 0.2) is 5.12 Å². The highest BCUT2D eigenvalue weighted by molar-refractivity contribution is 8.14. The number of halogens is 1. The Hall–Kier alpha value is -1.40. The molecule has 0 bridgehead atoms. The van der Waals surface area contributed by atoms with Crippen LogP contribution in [0.5, 0.6) is 11.5 Å². The van der Waals surface area contributed by atoms with Crippen molar-refractivity contribution in [2.45, 2.75) is 18.6 Å². The SMILES string of the molecule is COc1cc(N2CC(SC(C)=O)CC2=O)c(OC)cc1Cl. The molecule has 1 unspecified atom stereocenters. The fourth-order valence-electron chi connectivity index (χ4n) is 2.28. The number of benzene rings is 1. The zero-order valence-corrected chi connectivity index (χ0v) is 13.6. The van der Waals surface area contributed by atoms with Gasteiger partial charge in [0.25, 0.3) is 0 Å². The first-order valence-corrected chi connectivity index (χ1v) is 7.61. The van der Waals surface area contributed by atoms with Crippen molar-refractivity contribution in [3.8, 4) is 11.5 Å². The van der Waals surface area contributed by atoms with E-state index in [0.29, 0.717) is 35.2 Å². The number of thioether (sulfide) groups is 1. The molecule has 1 aromatic rings. The van der Waals surface area contributed by atoms with Gasteiger partial charge in [-0.1, -0.05) is 23.4 Å². The van der Waals surface area contributed by atoms with Gasteiger partial charge in [0, 0.05) is 37.3 Å². The molecule has 0 spiro atoms. The average molecular weight is 330 g/mol. The van der Waals surface area contributed by atoms with Gasteiger partial charge in [-0.05, 0) is 0 Å². The maximum atomic E-state index is 12.2. The molecule has 21 heavy (non-hydrogen) atoms. The number of carbonyl (C=O) groups is 2. The summed E-state index contributed by atoms with van der Waals surface area (Å²) in [6.07, 6.45) is 0.332. The van der Waals surface area contributed by atoms with Gasteiger partial charge in [-0.15, -0.1) is 0 Å². The standard InChI is InChI=1S/C14H16ClNO4S/c1-8(17)21-9-4-14(18)16(7-9)11-6-12(19-2)10(15)5-13(11)20-3/h5-6,9H,4,7H2,1-3H3. The minimum absolute atomic E-state index is 0.00954. The second-order valence-electron chi connectivity index (χ2n) is 4.60. The Labute approximate surface area is 132 Å². The van der Waals surface area contributed by atoms with Crippen LogP contribution in [-0.2, 0) is 9.59 Å². The molecular weight excluding hydrogens is 314 g/mol. The third-order valence-corrected chi connectivity index (χ3v) is 4.44. The molecule has 1 heterocycles. The lowest BCUT2D eigenvalue weighted by atomic mass is 10.2. The molecule has 114 valence electrons. The highest BCUT2D eigenvalue weighted by Crippen LogP contribution is 2.40. The number of anilines is 1. The van der Waals surface area contributed by atoms with Crippen LogP contribution in [0.2, 0.25) is 5.02 Å². The summed E-state index contributed by atoms with van der Waals surface area (Å²) in [6.45, 7) is 1.97. The van der Waals surface area contributed by atoms with Gasteiger partial charge in [0.2, 0.25) is 5.91 Å². The van der Waals surface area contributed by atoms with Gasteiger partial charge in [0.1, 0.15) is 11.5 Å². The first-order chi connectivity index (χ1) is 9.96. The monoisotopic (exact) mass is 329 g/mol. The van der Waals surface area contributed by atoms with Gasteiger partial charge in [0.05, 0.1) is 24.9 Å². The number of rotatable bonds is 4. The molecule has 1 atom stereocenters. The topological polar surface area (TPSA) is 55.8 Å². The van der Waals surface area contributed by atoms with E-state index in [1.165, 1.54) is 32.9 Å². The van der Waals surface area contributed by atoms with Gasteiger partial charge in [-0.25, -0.2) is 0 Å². The molecule has 0 saturated carbocycles. The van der Waals surface area contributed by atoms with E-state index in [2.05, 4.69) is 0 Å². The predicted octanol–water partition coefficient (Wildman–Crippen LogP) is 2.74. The number of ether oxygens (including phenoxy) is 2. The average Bonchev–Trinajstić information content (AvgIpc) is 2.78. The van der Waals surface area contributed by atoms with Crippen molar-refractivity contribution in [3.63, 3.8) is 0 Å². The fourth-order valence-corrected chi connectivity index (χ4v) is 3.43. The third kappa shape index (κ3) is 3.44. The van der Waals surface area contributed by atoms with E-state index in [1.54, 1.807) is 17.0 Å². The lowest BCUT2D eigenvalue weighted by Gasteiger charge is -2.20. The van der Waals surface area contributed by atoms with E-state index in [1.807, 2.05) is 0 Å². The Balaban J connectivity index is 2.32. The maximum absolute atomic E-state index is 12.2. The first kappa shape index (κ1) is 16.0. The predicted molar refractivity (Wildman–Crippen MR) is 83.6 cm³/mol. The number of methoxy groups -OCH3 is 2. The van der Waals surface area contributed by atoms with E-state index in [9.17, 15) is 9.59 Å². The lowest BCUT2D eigenvalue weighted by molar-refractivity contribution is -0.117. The summed E-state index contributed by atoms with van der Waals surface area (Å²) in [7, 11) is 3.03. The number of nitrogens with zero attached hydrogens (tertiary/aromatic N) is 1. The number of amides is 1. The molecule has 0 radical (unpaired) electrons. The second-order valence-corrected chi connectivity index (χ2v) is 6.48. The Morgan fingerprint density at radius 1 is 1.33 bits per heavy atom. The van der Waals surface area contributed by atoms with Crippen molar-refractivity contribution in [1.82, 2.24) is 0 Å². The molecule has 0 aliphatic carbocycles. The zero-order chi connectivity index (χ0) is 15.6. The summed E-state index contributed by atoms with van der Waals surface area (Å²) < 4.78 is 10.5. The largest absolute Gasteiger partial charge is 0.495 e. The van der Waals surface area contributed by atoms with E-state index >= 15 is 0 Å². The minimum Gasteiger partial charge on any atom is -0.495 e. The van der Waals surface area contributed by atoms with Crippen molar-refractivity contribution in [3.05, 3.63) is 17.2 Å². The Morgan fingerprint density at radius 3 is 2.57 bits per heavy atom. The summed E-state index contributed by atoms with van der Waals surface area (Å²) in [5, 5.41) is 0.385. The van der Waals surface area contributed by atoms with Crippen molar-refractivity contribution >= 4 is 40.1 Å². The van der Waals surface area contributed by atoms with E-state index < -0.39 is 0 Å². The normalized spacial score (nSPS) is 18.0. The van der Waals surface area contributed by atoms with Crippen molar-refractivity contribution in [2.75, 3.05) is 25.7 Å². The Bertz CT molecular complexity index is 578. The second kappa shape index (κ2) is 6.58. The summed E-state index contributed by atoms with van der Waals surface area (Å²) >= 11 is 7.25. The Morgan fingerprint density at radius 2 is 2.00 bits per heavy atom. The van der Waals surface area contributed by atoms with Gasteiger partial charge in [-0.3, -0.25) is 9.59 Å². The van der Waals surface area contributed by atoms with Crippen molar-refractivity contribution in [2.24, 2.45) is 0 Å². The van der Waals surface area contributed by atoms with Crippen LogP contribution in [0.3, 0.4) is 0 Å². The first-order valence-electron chi connectivity index (χ1n) is 6.35. The summed E-state index contributed by atoms with van der Waals surface area (Å²) in [4.78, 5) is 25.0. The number of carbonyl (C=O) groups excluding carboxylic acids is 2. The van der Waals surface area contributed by atoms with Crippen LogP contribution in [-0.4, -0.2) is 37.0 Å². The smallest absolute Gasteiger partial charge is 0.228 e. The molecule has 1 saturated heterocycles. The summed E-state index contributed by atoms with van der Waals surface area (Å²) in [5.41, 5.74) is 0.607. The molecule has 7 heteroatoms. The summed E-state index contributed by atoms with van der Waals surface area (Å²) in [6, 6.07) is 3.30. The molecule has 0 aromatic heterocycles. The molecule has 1 fully saturated rings. The molecule has 5 nitrogen and oxygen atoms in total. The molecule has 1 aromatic carbocycles. The molecule has 1 aliphatic heterocycles. The van der Waals surface area contributed by atoms with Crippen LogP contribution < -0.4 is 14.4 Å². The number of hydrogen-bond acceptors (Lipinski definition) is 5. The highest BCUT2D eigenvalue weighted by Gasteiger charge is 2.33. The number of hydrogen-bond donors (Lipinski definition) is 0. The van der Waals surface area contributed by atoms with E-state index in [4.69, 9.17) is 21.1 Å². The molecule has 1 amide bonds. The Kier molecular flexibility index (Phi) is 5.00. The van der Waals surface area contributed by atoms with Crippen molar-refractivity contribution in [1.29, 1.82) is 0 Å². The van der Waals surface area contributed by atoms with Gasteiger partial charge < -0.3 is 14.4 Å². The van der Waals surface area contributed by atoms with Crippen LogP contribution >= 0.6 is 23.4 Å². The quantitative estimate of drug-likeness (QED) is 0.850. The van der Waals surface area contributed by atoms with Crippen LogP contribution in [0, 0.1) is 0 Å². The maximum Gasteiger partial charge on any atom is 0.228 e. The van der Waals surface area contributed by atoms with E-state index in [-0.39, 0.29) is 16.3 Å². The molecule has 1 aliphatic rings. The summed E-state index contributed by atoms with van der Waals surface area (Å²) in [5.74, 6) is 0.932. The third-order valence-electron chi connectivity index (χ3n) is 3.17. The van der Waals surface area contributed by atoms with E-state index in [0.717, 1.165) is 0 Å². The van der Waals surface area contributed by atoms with Gasteiger partial charge in [-0.2, -0.15) is 0 Å². The fraction of sp³-hybridized carbons (Fsp3) is 0.429. The van der Waals surface area contributed by atoms with Crippen molar-refractivity contribution < 1.29 is 19.1 Å².